The van der Waals surface area contributed by atoms with Crippen molar-refractivity contribution < 1.29 is 35.9 Å². The van der Waals surface area contributed by atoms with Crippen LogP contribution in [0, 0.1) is 0 Å². The molecule has 0 saturated carbocycles. The average Bonchev–Trinajstić information content (AvgIpc) is 2.74. The molecule has 3 N–H and O–H groups in total. The third-order valence-corrected chi connectivity index (χ3v) is 4.41. The van der Waals surface area contributed by atoms with Crippen LogP contribution in [0.15, 0.2) is 36.4 Å². The highest BCUT2D eigenvalue weighted by molar-refractivity contribution is 5.89. The van der Waals surface area contributed by atoms with Gasteiger partial charge in [0.05, 0.1) is 23.3 Å². The van der Waals surface area contributed by atoms with E-state index in [0.29, 0.717) is 11.8 Å². The van der Waals surface area contributed by atoms with Crippen molar-refractivity contribution in [2.45, 2.75) is 25.2 Å². The molecule has 13 heteroatoms. The maximum Gasteiger partial charge on any atom is 0.490 e. The Hall–Kier alpha value is -3.64. The number of carbonyl (C=O) groups is 1. The highest BCUT2D eigenvalue weighted by Gasteiger charge is 2.40. The smallest absolute Gasteiger partial charge is 0.459 e. The van der Waals surface area contributed by atoms with E-state index in [9.17, 15) is 31.1 Å². The van der Waals surface area contributed by atoms with Crippen LogP contribution in [0.1, 0.15) is 18.4 Å². The molecule has 0 aliphatic heterocycles. The monoisotopic (exact) mass is 473 g/mol. The molecule has 176 valence electrons. The third-order valence-electron chi connectivity index (χ3n) is 4.41. The number of hydrogen-bond donors (Lipinski definition) is 2. The van der Waals surface area contributed by atoms with Gasteiger partial charge in [0.1, 0.15) is 5.82 Å². The molecule has 0 saturated heterocycles. The van der Waals surface area contributed by atoms with Crippen molar-refractivity contribution in [2.24, 2.45) is 0 Å². The van der Waals surface area contributed by atoms with Gasteiger partial charge in [0.25, 0.3) is 0 Å². The van der Waals surface area contributed by atoms with E-state index in [2.05, 4.69) is 25.0 Å². The van der Waals surface area contributed by atoms with E-state index in [-0.39, 0.29) is 41.6 Å². The van der Waals surface area contributed by atoms with E-state index in [1.165, 1.54) is 30.3 Å². The topological polar surface area (TPSA) is 103 Å². The van der Waals surface area contributed by atoms with Gasteiger partial charge in [-0.25, -0.2) is 9.78 Å². The molecule has 3 rings (SSSR count). The molecular weight excluding hydrogens is 456 g/mol. The number of aromatic nitrogens is 3. The second-order valence-corrected chi connectivity index (χ2v) is 6.81. The largest absolute Gasteiger partial charge is 0.490 e. The Bertz CT molecular complexity index is 1150. The molecule has 0 aliphatic carbocycles. The fourth-order valence-electron chi connectivity index (χ4n) is 2.95. The van der Waals surface area contributed by atoms with E-state index >= 15 is 0 Å². The number of nitrogens with zero attached hydrogens (tertiary/aromatic N) is 3. The van der Waals surface area contributed by atoms with Gasteiger partial charge in [-0.05, 0) is 31.0 Å². The summed E-state index contributed by atoms with van der Waals surface area (Å²) in [6.45, 7) is -0.163. The Kier molecular flexibility index (Phi) is 6.89. The van der Waals surface area contributed by atoms with Gasteiger partial charge in [0.2, 0.25) is 5.95 Å². The number of nitrogens with two attached hydrogens (primary N) is 1. The maximum atomic E-state index is 13.3. The van der Waals surface area contributed by atoms with Crippen molar-refractivity contribution >= 4 is 28.8 Å². The molecule has 0 fully saturated rings. The number of alkyl halides is 6. The molecule has 2 aromatic heterocycles. The first-order valence-electron chi connectivity index (χ1n) is 9.55. The van der Waals surface area contributed by atoms with Crippen LogP contribution in [0.2, 0.25) is 0 Å². The molecular formula is C20H17F6N5O2. The van der Waals surface area contributed by atoms with Crippen LogP contribution in [0.5, 0.6) is 0 Å². The van der Waals surface area contributed by atoms with E-state index in [4.69, 9.17) is 5.73 Å². The van der Waals surface area contributed by atoms with Crippen molar-refractivity contribution in [1.82, 2.24) is 15.0 Å². The lowest BCUT2D eigenvalue weighted by molar-refractivity contribution is -0.199. The number of unbranched alkanes of at least 4 members (excludes halogenated alkanes) is 1. The number of nitrogens with one attached hydrogen (secondary N) is 1. The number of esters is 1. The second kappa shape index (κ2) is 9.46. The lowest BCUT2D eigenvalue weighted by Crippen LogP contribution is -2.25. The van der Waals surface area contributed by atoms with Crippen LogP contribution in [0.4, 0.5) is 38.1 Å². The Labute approximate surface area is 183 Å². The Balaban J connectivity index is 1.73. The zero-order chi connectivity index (χ0) is 24.2. The van der Waals surface area contributed by atoms with Crippen LogP contribution in [-0.2, 0) is 15.7 Å². The van der Waals surface area contributed by atoms with Crippen LogP contribution < -0.4 is 11.1 Å². The summed E-state index contributed by atoms with van der Waals surface area (Å²) in [6, 6.07) is 7.89. The van der Waals surface area contributed by atoms with Gasteiger partial charge in [-0.2, -0.15) is 36.3 Å². The zero-order valence-corrected chi connectivity index (χ0v) is 16.8. The van der Waals surface area contributed by atoms with Crippen molar-refractivity contribution in [2.75, 3.05) is 24.2 Å². The lowest BCUT2D eigenvalue weighted by atomic mass is 10.0. The standard InChI is InChI=1S/C20H17F6N5O2/c21-19(22,23)13-6-2-1-5-11(13)14-8-7-12-15(30-18(27)31-16(12)29-14)28-9-3-4-10-33-17(32)20(24,25)26/h1-2,5-8H,3-4,9-10H2,(H3,27,28,29,30,31). The van der Waals surface area contributed by atoms with Crippen LogP contribution in [-0.4, -0.2) is 40.2 Å². The molecule has 0 atom stereocenters. The van der Waals surface area contributed by atoms with Crippen LogP contribution in [0.25, 0.3) is 22.3 Å². The SMILES string of the molecule is Nc1nc(NCCCCOC(=O)C(F)(F)F)c2ccc(-c3ccccc3C(F)(F)F)nc2n1. The van der Waals surface area contributed by atoms with Gasteiger partial charge < -0.3 is 15.8 Å². The third kappa shape index (κ3) is 5.99. The summed E-state index contributed by atoms with van der Waals surface area (Å²) in [5, 5.41) is 3.32. The zero-order valence-electron chi connectivity index (χ0n) is 16.8. The maximum absolute atomic E-state index is 13.3. The minimum Gasteiger partial charge on any atom is -0.459 e. The number of pyridine rings is 1. The minimum absolute atomic E-state index is 0.0472. The van der Waals surface area contributed by atoms with Gasteiger partial charge in [0, 0.05) is 12.1 Å². The quantitative estimate of drug-likeness (QED) is 0.294. The molecule has 1 aromatic carbocycles. The predicted molar refractivity (Wildman–Crippen MR) is 107 cm³/mol. The average molecular weight is 473 g/mol. The van der Waals surface area contributed by atoms with Gasteiger partial charge in [-0.15, -0.1) is 0 Å². The first-order chi connectivity index (χ1) is 15.5. The number of benzene rings is 1. The fraction of sp³-hybridized carbons (Fsp3) is 0.300. The van der Waals surface area contributed by atoms with Crippen LogP contribution >= 0.6 is 0 Å². The Morgan fingerprint density at radius 2 is 1.70 bits per heavy atom. The molecule has 33 heavy (non-hydrogen) atoms. The number of anilines is 2. The molecule has 0 radical (unpaired) electrons. The summed E-state index contributed by atoms with van der Waals surface area (Å²) in [5.74, 6) is -2.16. The molecule has 2 heterocycles. The number of halogens is 6. The lowest BCUT2D eigenvalue weighted by Gasteiger charge is -2.13. The number of nitrogen functional groups attached to an aromatic ring is 1. The first kappa shape index (κ1) is 24.0. The molecule has 0 spiro atoms. The summed E-state index contributed by atoms with van der Waals surface area (Å²) in [6.07, 6.45) is -9.12. The number of carbonyl (C=O) groups excluding carboxylic acids is 1. The summed E-state index contributed by atoms with van der Waals surface area (Å²) in [5.41, 5.74) is 4.85. The molecule has 0 bridgehead atoms. The summed E-state index contributed by atoms with van der Waals surface area (Å²) >= 11 is 0. The van der Waals surface area contributed by atoms with Gasteiger partial charge >= 0.3 is 18.3 Å². The Morgan fingerprint density at radius 3 is 2.39 bits per heavy atom. The minimum atomic E-state index is -5.04. The van der Waals surface area contributed by atoms with Crippen molar-refractivity contribution in [3.8, 4) is 11.3 Å². The van der Waals surface area contributed by atoms with Gasteiger partial charge in [-0.3, -0.25) is 0 Å². The van der Waals surface area contributed by atoms with E-state index < -0.39 is 30.5 Å². The normalized spacial score (nSPS) is 12.1. The van der Waals surface area contributed by atoms with Gasteiger partial charge in [0.15, 0.2) is 5.65 Å². The number of fused-ring (bicyclic) bond motifs is 1. The number of ether oxygens (including phenoxy) is 1. The highest BCUT2D eigenvalue weighted by atomic mass is 19.4. The predicted octanol–water partition coefficient (Wildman–Crippen LogP) is 4.59. The molecule has 0 amide bonds. The van der Waals surface area contributed by atoms with Gasteiger partial charge in [-0.1, -0.05) is 18.2 Å². The van der Waals surface area contributed by atoms with Crippen molar-refractivity contribution in [1.29, 1.82) is 0 Å². The van der Waals surface area contributed by atoms with E-state index in [0.717, 1.165) is 6.07 Å². The second-order valence-electron chi connectivity index (χ2n) is 6.81. The fourth-order valence-corrected chi connectivity index (χ4v) is 2.95. The molecule has 7 nitrogen and oxygen atoms in total. The molecule has 0 unspecified atom stereocenters. The number of hydrogen-bond acceptors (Lipinski definition) is 7. The first-order valence-corrected chi connectivity index (χ1v) is 9.55. The highest BCUT2D eigenvalue weighted by Crippen LogP contribution is 2.37. The molecule has 3 aromatic rings. The van der Waals surface area contributed by atoms with Crippen molar-refractivity contribution in [3.05, 3.63) is 42.0 Å². The summed E-state index contributed by atoms with van der Waals surface area (Å²) in [7, 11) is 0. The van der Waals surface area contributed by atoms with E-state index in [1.54, 1.807) is 0 Å². The summed E-state index contributed by atoms with van der Waals surface area (Å²) < 4.78 is 80.4. The van der Waals surface area contributed by atoms with E-state index in [1.807, 2.05) is 0 Å². The molecule has 0 aliphatic rings. The number of rotatable bonds is 7. The summed E-state index contributed by atoms with van der Waals surface area (Å²) in [4.78, 5) is 22.9. The van der Waals surface area contributed by atoms with Crippen molar-refractivity contribution in [3.63, 3.8) is 0 Å². The Morgan fingerprint density at radius 1 is 0.970 bits per heavy atom. The van der Waals surface area contributed by atoms with Crippen LogP contribution in [0.3, 0.4) is 0 Å².